The highest BCUT2D eigenvalue weighted by Crippen LogP contribution is 2.23. The minimum atomic E-state index is 0.525. The standard InChI is InChI=1S/C18H18N2O/c1-12(2)15-4-6-16(7-5-15)17-10-20-9-14(11-21)8-13(3)18(20)19-17/h4-12H,1-3H3. The minimum absolute atomic E-state index is 0.525. The van der Waals surface area contributed by atoms with E-state index in [4.69, 9.17) is 0 Å². The highest BCUT2D eigenvalue weighted by Gasteiger charge is 2.08. The molecular weight excluding hydrogens is 260 g/mol. The molecule has 0 amide bonds. The summed E-state index contributed by atoms with van der Waals surface area (Å²) in [5, 5.41) is 0. The summed E-state index contributed by atoms with van der Waals surface area (Å²) >= 11 is 0. The van der Waals surface area contributed by atoms with Crippen LogP contribution in [-0.4, -0.2) is 15.7 Å². The zero-order valence-electron chi connectivity index (χ0n) is 12.5. The van der Waals surface area contributed by atoms with Crippen LogP contribution in [0.4, 0.5) is 0 Å². The van der Waals surface area contributed by atoms with Gasteiger partial charge in [-0.15, -0.1) is 0 Å². The van der Waals surface area contributed by atoms with Gasteiger partial charge in [0.1, 0.15) is 5.65 Å². The Balaban J connectivity index is 2.08. The number of rotatable bonds is 3. The molecule has 3 aromatic rings. The Kier molecular flexibility index (Phi) is 3.34. The van der Waals surface area contributed by atoms with Crippen molar-refractivity contribution in [3.63, 3.8) is 0 Å². The van der Waals surface area contributed by atoms with Gasteiger partial charge in [-0.05, 0) is 30.0 Å². The number of pyridine rings is 1. The number of carbonyl (C=O) groups excluding carboxylic acids is 1. The van der Waals surface area contributed by atoms with Gasteiger partial charge in [-0.2, -0.15) is 0 Å². The number of carbonyl (C=O) groups is 1. The van der Waals surface area contributed by atoms with E-state index in [1.807, 2.05) is 29.8 Å². The number of aromatic nitrogens is 2. The summed E-state index contributed by atoms with van der Waals surface area (Å²) in [4.78, 5) is 15.6. The van der Waals surface area contributed by atoms with Gasteiger partial charge in [-0.3, -0.25) is 4.79 Å². The molecule has 0 aliphatic carbocycles. The molecule has 21 heavy (non-hydrogen) atoms. The maximum atomic E-state index is 10.9. The molecule has 0 aliphatic rings. The first-order valence-electron chi connectivity index (χ1n) is 7.13. The lowest BCUT2D eigenvalue weighted by molar-refractivity contribution is 0.112. The van der Waals surface area contributed by atoms with Crippen molar-refractivity contribution >= 4 is 11.9 Å². The van der Waals surface area contributed by atoms with Gasteiger partial charge in [0, 0.05) is 23.5 Å². The number of fused-ring (bicyclic) bond motifs is 1. The van der Waals surface area contributed by atoms with Crippen molar-refractivity contribution in [2.75, 3.05) is 0 Å². The van der Waals surface area contributed by atoms with Crippen molar-refractivity contribution in [3.8, 4) is 11.3 Å². The van der Waals surface area contributed by atoms with Crippen molar-refractivity contribution in [2.45, 2.75) is 26.7 Å². The molecule has 2 aromatic heterocycles. The summed E-state index contributed by atoms with van der Waals surface area (Å²) in [5.41, 5.74) is 5.90. The molecule has 3 nitrogen and oxygen atoms in total. The predicted octanol–water partition coefficient (Wildman–Crippen LogP) is 4.25. The summed E-state index contributed by atoms with van der Waals surface area (Å²) in [6.07, 6.45) is 4.65. The molecular formula is C18H18N2O. The summed E-state index contributed by atoms with van der Waals surface area (Å²) in [5.74, 6) is 0.525. The van der Waals surface area contributed by atoms with Crippen LogP contribution in [0.15, 0.2) is 42.7 Å². The summed E-state index contributed by atoms with van der Waals surface area (Å²) in [6.45, 7) is 6.34. The molecule has 2 heterocycles. The first kappa shape index (κ1) is 13.6. The highest BCUT2D eigenvalue weighted by molar-refractivity contribution is 5.76. The lowest BCUT2D eigenvalue weighted by atomic mass is 10.0. The molecule has 0 aliphatic heterocycles. The molecule has 0 saturated heterocycles. The van der Waals surface area contributed by atoms with Gasteiger partial charge in [0.2, 0.25) is 0 Å². The second-order valence-electron chi connectivity index (χ2n) is 5.71. The van der Waals surface area contributed by atoms with Crippen LogP contribution in [0.1, 0.15) is 41.3 Å². The van der Waals surface area contributed by atoms with Crippen LogP contribution in [0.25, 0.3) is 16.9 Å². The molecule has 0 radical (unpaired) electrons. The van der Waals surface area contributed by atoms with Crippen molar-refractivity contribution in [1.29, 1.82) is 0 Å². The molecule has 3 heteroatoms. The van der Waals surface area contributed by atoms with Gasteiger partial charge in [-0.1, -0.05) is 38.1 Å². The predicted molar refractivity (Wildman–Crippen MR) is 84.8 cm³/mol. The zero-order valence-corrected chi connectivity index (χ0v) is 12.5. The number of hydrogen-bond acceptors (Lipinski definition) is 2. The van der Waals surface area contributed by atoms with Crippen molar-refractivity contribution in [2.24, 2.45) is 0 Å². The first-order chi connectivity index (χ1) is 10.1. The molecule has 106 valence electrons. The van der Waals surface area contributed by atoms with Gasteiger partial charge in [0.15, 0.2) is 6.29 Å². The fourth-order valence-corrected chi connectivity index (χ4v) is 2.54. The van der Waals surface area contributed by atoms with Gasteiger partial charge >= 0.3 is 0 Å². The molecule has 1 aromatic carbocycles. The smallest absolute Gasteiger partial charge is 0.151 e. The van der Waals surface area contributed by atoms with E-state index in [9.17, 15) is 4.79 Å². The lowest BCUT2D eigenvalue weighted by Gasteiger charge is -2.05. The maximum absolute atomic E-state index is 10.9. The average Bonchev–Trinajstić information content (AvgIpc) is 2.91. The molecule has 0 atom stereocenters. The lowest BCUT2D eigenvalue weighted by Crippen LogP contribution is -1.91. The summed E-state index contributed by atoms with van der Waals surface area (Å²) in [6, 6.07) is 10.4. The number of hydrogen-bond donors (Lipinski definition) is 0. The SMILES string of the molecule is Cc1cc(C=O)cn2cc(-c3ccc(C(C)C)cc3)nc12. The Morgan fingerprint density at radius 3 is 2.48 bits per heavy atom. The Morgan fingerprint density at radius 2 is 1.86 bits per heavy atom. The minimum Gasteiger partial charge on any atom is -0.306 e. The van der Waals surface area contributed by atoms with Crippen LogP contribution < -0.4 is 0 Å². The van der Waals surface area contributed by atoms with E-state index >= 15 is 0 Å². The van der Waals surface area contributed by atoms with Crippen LogP contribution >= 0.6 is 0 Å². The third-order valence-corrected chi connectivity index (χ3v) is 3.77. The van der Waals surface area contributed by atoms with E-state index in [-0.39, 0.29) is 0 Å². The van der Waals surface area contributed by atoms with Crippen molar-refractivity contribution < 1.29 is 4.79 Å². The van der Waals surface area contributed by atoms with E-state index in [0.29, 0.717) is 11.5 Å². The topological polar surface area (TPSA) is 34.4 Å². The molecule has 0 saturated carbocycles. The number of imidazole rings is 1. The number of benzene rings is 1. The largest absolute Gasteiger partial charge is 0.306 e. The second-order valence-corrected chi connectivity index (χ2v) is 5.71. The summed E-state index contributed by atoms with van der Waals surface area (Å²) in [7, 11) is 0. The van der Waals surface area contributed by atoms with E-state index in [0.717, 1.165) is 28.8 Å². The summed E-state index contributed by atoms with van der Waals surface area (Å²) < 4.78 is 1.92. The van der Waals surface area contributed by atoms with Gasteiger partial charge in [-0.25, -0.2) is 4.98 Å². The quantitative estimate of drug-likeness (QED) is 0.671. The number of aryl methyl sites for hydroxylation is 1. The Bertz CT molecular complexity index is 798. The van der Waals surface area contributed by atoms with Gasteiger partial charge < -0.3 is 4.40 Å². The molecule has 0 fully saturated rings. The normalized spacial score (nSPS) is 11.2. The third-order valence-electron chi connectivity index (χ3n) is 3.77. The van der Waals surface area contributed by atoms with Crippen LogP contribution in [0.5, 0.6) is 0 Å². The molecule has 0 bridgehead atoms. The third kappa shape index (κ3) is 2.47. The van der Waals surface area contributed by atoms with E-state index in [1.165, 1.54) is 5.56 Å². The van der Waals surface area contributed by atoms with Crippen molar-refractivity contribution in [3.05, 3.63) is 59.4 Å². The van der Waals surface area contributed by atoms with E-state index < -0.39 is 0 Å². The molecule has 0 spiro atoms. The van der Waals surface area contributed by atoms with Gasteiger partial charge in [0.25, 0.3) is 0 Å². The van der Waals surface area contributed by atoms with Crippen molar-refractivity contribution in [1.82, 2.24) is 9.38 Å². The van der Waals surface area contributed by atoms with Crippen LogP contribution in [0.3, 0.4) is 0 Å². The first-order valence-corrected chi connectivity index (χ1v) is 7.13. The fraction of sp³-hybridized carbons (Fsp3) is 0.222. The Hall–Kier alpha value is -2.42. The molecule has 3 rings (SSSR count). The Morgan fingerprint density at radius 1 is 1.14 bits per heavy atom. The number of nitrogens with zero attached hydrogens (tertiary/aromatic N) is 2. The monoisotopic (exact) mass is 278 g/mol. The molecule has 0 unspecified atom stereocenters. The average molecular weight is 278 g/mol. The van der Waals surface area contributed by atoms with Gasteiger partial charge in [0.05, 0.1) is 5.69 Å². The zero-order chi connectivity index (χ0) is 15.0. The van der Waals surface area contributed by atoms with Crippen LogP contribution in [0, 0.1) is 6.92 Å². The number of aldehydes is 1. The second kappa shape index (κ2) is 5.17. The Labute approximate surface area is 124 Å². The van der Waals surface area contributed by atoms with Crippen LogP contribution in [0.2, 0.25) is 0 Å². The molecule has 0 N–H and O–H groups in total. The fourth-order valence-electron chi connectivity index (χ4n) is 2.54. The maximum Gasteiger partial charge on any atom is 0.151 e. The van der Waals surface area contributed by atoms with E-state index in [1.54, 1.807) is 0 Å². The van der Waals surface area contributed by atoms with Crippen LogP contribution in [-0.2, 0) is 0 Å². The highest BCUT2D eigenvalue weighted by atomic mass is 16.1. The van der Waals surface area contributed by atoms with E-state index in [2.05, 4.69) is 43.1 Å².